The van der Waals surface area contributed by atoms with Crippen LogP contribution in [0.2, 0.25) is 5.15 Å². The minimum atomic E-state index is -0.198. The van der Waals surface area contributed by atoms with Gasteiger partial charge in [0.05, 0.1) is 18.2 Å². The molecule has 2 aromatic heterocycles. The minimum Gasteiger partial charge on any atom is -0.618 e. The van der Waals surface area contributed by atoms with Gasteiger partial charge in [0, 0.05) is 31.5 Å². The first kappa shape index (κ1) is 19.9. The number of aromatic nitrogens is 3. The molecule has 3 rings (SSSR count). The van der Waals surface area contributed by atoms with Crippen LogP contribution in [0, 0.1) is 19.1 Å². The summed E-state index contributed by atoms with van der Waals surface area (Å²) in [5.74, 6) is 0.949. The van der Waals surface area contributed by atoms with Crippen molar-refractivity contribution in [3.63, 3.8) is 0 Å². The van der Waals surface area contributed by atoms with Gasteiger partial charge in [0.2, 0.25) is 17.5 Å². The molecule has 1 atom stereocenters. The predicted octanol–water partition coefficient (Wildman–Crippen LogP) is 1.21. The highest BCUT2D eigenvalue weighted by Crippen LogP contribution is 2.41. The van der Waals surface area contributed by atoms with E-state index in [-0.39, 0.29) is 35.9 Å². The summed E-state index contributed by atoms with van der Waals surface area (Å²) in [7, 11) is 3.16. The van der Waals surface area contributed by atoms with E-state index in [1.54, 1.807) is 14.2 Å². The van der Waals surface area contributed by atoms with E-state index in [1.807, 2.05) is 18.7 Å². The van der Waals surface area contributed by atoms with Crippen LogP contribution in [-0.2, 0) is 11.3 Å². The average Bonchev–Trinajstić information content (AvgIpc) is 2.95. The van der Waals surface area contributed by atoms with Crippen molar-refractivity contribution in [3.05, 3.63) is 38.9 Å². The number of amides is 1. The van der Waals surface area contributed by atoms with Gasteiger partial charge in [-0.2, -0.15) is 9.71 Å². The number of rotatable bonds is 5. The van der Waals surface area contributed by atoms with Gasteiger partial charge in [0.1, 0.15) is 23.3 Å². The largest absolute Gasteiger partial charge is 0.618 e. The molecular weight excluding hydrogens is 384 g/mol. The number of anilines is 2. The van der Waals surface area contributed by atoms with E-state index in [2.05, 4.69) is 15.3 Å². The molecule has 1 aliphatic heterocycles. The first-order valence-electron chi connectivity index (χ1n) is 8.81. The van der Waals surface area contributed by atoms with Gasteiger partial charge < -0.3 is 25.9 Å². The molecule has 0 aromatic carbocycles. The number of aryl methyl sites for hydroxylation is 1. The molecule has 3 N–H and O–H groups in total. The monoisotopic (exact) mass is 406 g/mol. The Hall–Kier alpha value is -2.81. The quantitative estimate of drug-likeness (QED) is 0.435. The molecule has 0 bridgehead atoms. The maximum atomic E-state index is 12.6. The smallest absolute Gasteiger partial charge is 0.223 e. The molecule has 1 amide bonds. The summed E-state index contributed by atoms with van der Waals surface area (Å²) in [6, 6.07) is 0. The van der Waals surface area contributed by atoms with Crippen LogP contribution in [0.15, 0.2) is 6.20 Å². The number of carbonyl (C=O) groups is 1. The summed E-state index contributed by atoms with van der Waals surface area (Å²) < 4.78 is 6.28. The number of nitrogen functional groups attached to an aromatic ring is 1. The maximum absolute atomic E-state index is 12.6. The summed E-state index contributed by atoms with van der Waals surface area (Å²) in [6.07, 6.45) is 1.72. The zero-order valence-corrected chi connectivity index (χ0v) is 17.0. The molecule has 0 spiro atoms. The average molecular weight is 407 g/mol. The molecule has 150 valence electrons. The van der Waals surface area contributed by atoms with Gasteiger partial charge in [0.15, 0.2) is 6.20 Å². The number of hydrogen-bond acceptors (Lipinski definition) is 7. The van der Waals surface area contributed by atoms with E-state index in [4.69, 9.17) is 22.1 Å². The second kappa shape index (κ2) is 7.67. The van der Waals surface area contributed by atoms with Crippen LogP contribution in [0.4, 0.5) is 11.8 Å². The van der Waals surface area contributed by atoms with Crippen LogP contribution < -0.4 is 25.4 Å². The number of methoxy groups -OCH3 is 1. The SMILES string of the molecule is CNC(=O)CC1CN(Cc2c(C)c(OC)c(C)c[n+]2[O-])c2nc(N)nc(Cl)c21. The van der Waals surface area contributed by atoms with E-state index in [0.717, 1.165) is 15.9 Å². The molecule has 2 aromatic rings. The number of carbonyl (C=O) groups excluding carboxylic acids is 1. The lowest BCUT2D eigenvalue weighted by Crippen LogP contribution is -2.38. The molecule has 10 heteroatoms. The topological polar surface area (TPSA) is 120 Å². The third kappa shape index (κ3) is 3.49. The minimum absolute atomic E-state index is 0.0440. The Balaban J connectivity index is 2.02. The maximum Gasteiger partial charge on any atom is 0.223 e. The van der Waals surface area contributed by atoms with Gasteiger partial charge in [-0.25, -0.2) is 4.98 Å². The van der Waals surface area contributed by atoms with Crippen molar-refractivity contribution < 1.29 is 14.3 Å². The molecule has 1 aliphatic rings. The van der Waals surface area contributed by atoms with Gasteiger partial charge in [-0.15, -0.1) is 0 Å². The Labute approximate surface area is 168 Å². The zero-order valence-electron chi connectivity index (χ0n) is 16.2. The fraction of sp³-hybridized carbons (Fsp3) is 0.444. The Kier molecular flexibility index (Phi) is 5.46. The molecule has 0 saturated heterocycles. The molecule has 1 unspecified atom stereocenters. The van der Waals surface area contributed by atoms with E-state index in [0.29, 0.717) is 29.4 Å². The van der Waals surface area contributed by atoms with Crippen LogP contribution in [0.5, 0.6) is 5.75 Å². The molecule has 3 heterocycles. The molecule has 0 radical (unpaired) electrons. The molecule has 0 aliphatic carbocycles. The van der Waals surface area contributed by atoms with E-state index in [1.165, 1.54) is 6.20 Å². The highest BCUT2D eigenvalue weighted by molar-refractivity contribution is 6.30. The summed E-state index contributed by atoms with van der Waals surface area (Å²) in [6.45, 7) is 4.41. The zero-order chi connectivity index (χ0) is 20.6. The Bertz CT molecular complexity index is 936. The first-order chi connectivity index (χ1) is 13.3. The number of nitrogens with zero attached hydrogens (tertiary/aromatic N) is 4. The Morgan fingerprint density at radius 3 is 2.86 bits per heavy atom. The highest BCUT2D eigenvalue weighted by Gasteiger charge is 2.36. The summed E-state index contributed by atoms with van der Waals surface area (Å²) >= 11 is 6.32. The summed E-state index contributed by atoms with van der Waals surface area (Å²) in [4.78, 5) is 22.2. The standard InChI is InChI=1S/C18H23ClN6O3/c1-9-6-25(27)12(10(2)15(9)28-4)8-24-7-11(5-13(26)21-3)14-16(19)22-18(20)23-17(14)24/h6,11H,5,7-8H2,1-4H3,(H,21,26)(H2,20,22,23). The van der Waals surface area contributed by atoms with Gasteiger partial charge in [-0.1, -0.05) is 11.6 Å². The van der Waals surface area contributed by atoms with Crippen molar-refractivity contribution in [2.75, 3.05) is 31.3 Å². The summed E-state index contributed by atoms with van der Waals surface area (Å²) in [5, 5.41) is 15.4. The van der Waals surface area contributed by atoms with Crippen LogP contribution in [0.25, 0.3) is 0 Å². The fourth-order valence-corrected chi connectivity index (χ4v) is 4.03. The van der Waals surface area contributed by atoms with Crippen molar-refractivity contribution in [1.29, 1.82) is 0 Å². The number of hydrogen-bond donors (Lipinski definition) is 2. The Morgan fingerprint density at radius 2 is 2.21 bits per heavy atom. The molecule has 0 fully saturated rings. The molecule has 28 heavy (non-hydrogen) atoms. The third-order valence-corrected chi connectivity index (χ3v) is 5.30. The van der Waals surface area contributed by atoms with Crippen LogP contribution in [0.3, 0.4) is 0 Å². The lowest BCUT2D eigenvalue weighted by atomic mass is 10.0. The summed E-state index contributed by atoms with van der Waals surface area (Å²) in [5.41, 5.74) is 8.50. The second-order valence-electron chi connectivity index (χ2n) is 6.81. The fourth-order valence-electron chi connectivity index (χ4n) is 3.70. The van der Waals surface area contributed by atoms with Gasteiger partial charge in [-0.05, 0) is 13.8 Å². The van der Waals surface area contributed by atoms with Gasteiger partial charge >= 0.3 is 0 Å². The predicted molar refractivity (Wildman–Crippen MR) is 105 cm³/mol. The van der Waals surface area contributed by atoms with Crippen molar-refractivity contribution in [2.24, 2.45) is 0 Å². The number of halogens is 1. The van der Waals surface area contributed by atoms with Crippen LogP contribution >= 0.6 is 11.6 Å². The number of nitrogens with one attached hydrogen (secondary N) is 1. The highest BCUT2D eigenvalue weighted by atomic mass is 35.5. The molecule has 0 saturated carbocycles. The van der Waals surface area contributed by atoms with E-state index in [9.17, 15) is 10.0 Å². The normalized spacial score (nSPS) is 15.5. The van der Waals surface area contributed by atoms with Crippen molar-refractivity contribution in [1.82, 2.24) is 15.3 Å². The van der Waals surface area contributed by atoms with Gasteiger partial charge in [-0.3, -0.25) is 4.79 Å². The number of pyridine rings is 1. The number of nitrogens with two attached hydrogens (primary N) is 1. The van der Waals surface area contributed by atoms with Crippen LogP contribution in [0.1, 0.15) is 34.7 Å². The van der Waals surface area contributed by atoms with Crippen molar-refractivity contribution in [3.8, 4) is 5.75 Å². The van der Waals surface area contributed by atoms with E-state index < -0.39 is 0 Å². The van der Waals surface area contributed by atoms with Crippen molar-refractivity contribution >= 4 is 29.3 Å². The van der Waals surface area contributed by atoms with E-state index >= 15 is 0 Å². The molecule has 9 nitrogen and oxygen atoms in total. The van der Waals surface area contributed by atoms with Gasteiger partial charge in [0.25, 0.3) is 0 Å². The van der Waals surface area contributed by atoms with Crippen molar-refractivity contribution in [2.45, 2.75) is 32.7 Å². The molecular formula is C18H23ClN6O3. The third-order valence-electron chi connectivity index (χ3n) is 5.01. The van der Waals surface area contributed by atoms with Crippen LogP contribution in [-0.4, -0.2) is 36.6 Å². The first-order valence-corrected chi connectivity index (χ1v) is 9.19. The number of fused-ring (bicyclic) bond motifs is 1. The number of ether oxygens (including phenoxy) is 1. The second-order valence-corrected chi connectivity index (χ2v) is 7.17. The Morgan fingerprint density at radius 1 is 1.50 bits per heavy atom. The lowest BCUT2D eigenvalue weighted by Gasteiger charge is -2.20. The lowest BCUT2D eigenvalue weighted by molar-refractivity contribution is -0.614.